The second-order valence-electron chi connectivity index (χ2n) is 1.58. The molecule has 0 aliphatic carbocycles. The van der Waals surface area contributed by atoms with E-state index >= 15 is 0 Å². The molecule has 0 aliphatic rings. The second kappa shape index (κ2) is 2.51. The zero-order chi connectivity index (χ0) is 5.98. The standard InChI is InChI=1S/C6H6ClS/c1-5-6(4-7)2-3-8-5/h2H,4H2,1H3. The Kier molecular flexibility index (Phi) is 1.92. The van der Waals surface area contributed by atoms with Gasteiger partial charge in [0.15, 0.2) is 0 Å². The van der Waals surface area contributed by atoms with Gasteiger partial charge < -0.3 is 0 Å². The minimum absolute atomic E-state index is 0.617. The Labute approximate surface area is 58.1 Å². The zero-order valence-electron chi connectivity index (χ0n) is 4.57. The lowest BCUT2D eigenvalue weighted by atomic mass is 10.3. The molecule has 0 spiro atoms. The fraction of sp³-hybridized carbons (Fsp3) is 0.333. The van der Waals surface area contributed by atoms with Crippen LogP contribution in [0.3, 0.4) is 0 Å². The minimum atomic E-state index is 0.617. The highest BCUT2D eigenvalue weighted by Gasteiger charge is 1.94. The minimum Gasteiger partial charge on any atom is -0.139 e. The van der Waals surface area contributed by atoms with E-state index in [-0.39, 0.29) is 0 Å². The molecule has 0 fully saturated rings. The van der Waals surface area contributed by atoms with Gasteiger partial charge in [0.2, 0.25) is 0 Å². The molecule has 0 saturated heterocycles. The molecule has 1 heterocycles. The van der Waals surface area contributed by atoms with Gasteiger partial charge in [0, 0.05) is 16.1 Å². The summed E-state index contributed by atoms with van der Waals surface area (Å²) in [5, 5.41) is 3.01. The molecule has 0 unspecified atom stereocenters. The highest BCUT2D eigenvalue weighted by molar-refractivity contribution is 7.09. The molecule has 1 aromatic rings. The summed E-state index contributed by atoms with van der Waals surface area (Å²) in [7, 11) is 0. The molecule has 1 aromatic heterocycles. The van der Waals surface area contributed by atoms with Crippen molar-refractivity contribution in [3.8, 4) is 0 Å². The molecule has 0 bridgehead atoms. The number of hydrogen-bond acceptors (Lipinski definition) is 1. The van der Waals surface area contributed by atoms with Crippen molar-refractivity contribution in [3.05, 3.63) is 21.9 Å². The van der Waals surface area contributed by atoms with Gasteiger partial charge in [0.05, 0.1) is 0 Å². The predicted octanol–water partition coefficient (Wildman–Crippen LogP) is 2.60. The third-order valence-electron chi connectivity index (χ3n) is 1.04. The number of alkyl halides is 1. The van der Waals surface area contributed by atoms with Crippen LogP contribution in [0.1, 0.15) is 10.4 Å². The average molecular weight is 146 g/mol. The van der Waals surface area contributed by atoms with Crippen LogP contribution in [0.5, 0.6) is 0 Å². The van der Waals surface area contributed by atoms with E-state index in [9.17, 15) is 0 Å². The summed E-state index contributed by atoms with van der Waals surface area (Å²) in [4.78, 5) is 1.28. The Balaban J connectivity index is 2.92. The lowest BCUT2D eigenvalue weighted by Gasteiger charge is -1.86. The summed E-state index contributed by atoms with van der Waals surface area (Å²) >= 11 is 7.18. The van der Waals surface area contributed by atoms with Crippen molar-refractivity contribution in [3.63, 3.8) is 0 Å². The first-order valence-corrected chi connectivity index (χ1v) is 3.71. The Hall–Kier alpha value is -0.0100. The largest absolute Gasteiger partial charge is 0.139 e. The predicted molar refractivity (Wildman–Crippen MR) is 37.4 cm³/mol. The first kappa shape index (κ1) is 6.12. The van der Waals surface area contributed by atoms with Gasteiger partial charge in [-0.1, -0.05) is 0 Å². The molecule has 0 aliphatic heterocycles. The maximum Gasteiger partial charge on any atom is 0.0485 e. The first-order chi connectivity index (χ1) is 3.84. The Bertz CT molecular complexity index is 169. The van der Waals surface area contributed by atoms with Gasteiger partial charge in [0.25, 0.3) is 0 Å². The summed E-state index contributed by atoms with van der Waals surface area (Å²) in [5.74, 6) is 0.617. The Morgan fingerprint density at radius 3 is 2.88 bits per heavy atom. The molecule has 0 amide bonds. The van der Waals surface area contributed by atoms with Crippen LogP contribution in [0.4, 0.5) is 0 Å². The van der Waals surface area contributed by atoms with E-state index in [0.29, 0.717) is 5.88 Å². The van der Waals surface area contributed by atoms with Crippen LogP contribution in [-0.4, -0.2) is 0 Å². The molecule has 8 heavy (non-hydrogen) atoms. The molecular formula is C6H6ClS. The van der Waals surface area contributed by atoms with Gasteiger partial charge in [-0.05, 0) is 18.6 Å². The maximum absolute atomic E-state index is 5.56. The third-order valence-corrected chi connectivity index (χ3v) is 2.13. The summed E-state index contributed by atoms with van der Waals surface area (Å²) < 4.78 is 0. The molecule has 0 saturated carbocycles. The van der Waals surface area contributed by atoms with E-state index in [1.54, 1.807) is 11.3 Å². The van der Waals surface area contributed by atoms with Gasteiger partial charge in [-0.3, -0.25) is 0 Å². The molecule has 0 nitrogen and oxygen atoms in total. The molecule has 0 aromatic carbocycles. The van der Waals surface area contributed by atoms with E-state index in [4.69, 9.17) is 11.6 Å². The first-order valence-electron chi connectivity index (χ1n) is 2.36. The van der Waals surface area contributed by atoms with Gasteiger partial charge in [-0.2, -0.15) is 0 Å². The fourth-order valence-electron chi connectivity index (χ4n) is 0.489. The Morgan fingerprint density at radius 1 is 1.88 bits per heavy atom. The molecule has 43 valence electrons. The molecule has 1 radical (unpaired) electrons. The van der Waals surface area contributed by atoms with Crippen LogP contribution < -0.4 is 0 Å². The quantitative estimate of drug-likeness (QED) is 0.533. The second-order valence-corrected chi connectivity index (χ2v) is 2.90. The summed E-state index contributed by atoms with van der Waals surface area (Å²) in [6.45, 7) is 2.05. The van der Waals surface area contributed by atoms with Gasteiger partial charge in [-0.15, -0.1) is 22.9 Å². The van der Waals surface area contributed by atoms with Crippen molar-refractivity contribution in [2.75, 3.05) is 0 Å². The number of hydrogen-bond donors (Lipinski definition) is 0. The summed E-state index contributed by atoms with van der Waals surface area (Å²) in [6, 6.07) is 1.94. The van der Waals surface area contributed by atoms with Gasteiger partial charge in [-0.25, -0.2) is 0 Å². The molecular weight excluding hydrogens is 140 g/mol. The number of aryl methyl sites for hydroxylation is 1. The van der Waals surface area contributed by atoms with Crippen molar-refractivity contribution in [1.29, 1.82) is 0 Å². The van der Waals surface area contributed by atoms with Crippen molar-refractivity contribution < 1.29 is 0 Å². The van der Waals surface area contributed by atoms with E-state index in [2.05, 4.69) is 12.3 Å². The highest BCUT2D eigenvalue weighted by Crippen LogP contribution is 2.15. The number of rotatable bonds is 1. The maximum atomic E-state index is 5.56. The SMILES string of the molecule is Cc1s[c]cc1CCl. The molecule has 2 heteroatoms. The van der Waals surface area contributed by atoms with Gasteiger partial charge in [0.1, 0.15) is 0 Å². The Morgan fingerprint density at radius 2 is 2.62 bits per heavy atom. The van der Waals surface area contributed by atoms with Crippen molar-refractivity contribution in [2.45, 2.75) is 12.8 Å². The van der Waals surface area contributed by atoms with Crippen molar-refractivity contribution in [2.24, 2.45) is 0 Å². The molecule has 1 rings (SSSR count). The summed E-state index contributed by atoms with van der Waals surface area (Å²) in [5.41, 5.74) is 1.21. The normalized spacial score (nSPS) is 9.75. The highest BCUT2D eigenvalue weighted by atomic mass is 35.5. The van der Waals surface area contributed by atoms with E-state index < -0.39 is 0 Å². The van der Waals surface area contributed by atoms with Crippen molar-refractivity contribution >= 4 is 22.9 Å². The van der Waals surface area contributed by atoms with Crippen LogP contribution in [0, 0.1) is 12.3 Å². The molecule has 0 atom stereocenters. The number of halogens is 1. The van der Waals surface area contributed by atoms with Crippen LogP contribution in [0.25, 0.3) is 0 Å². The van der Waals surface area contributed by atoms with Crippen LogP contribution in [-0.2, 0) is 5.88 Å². The topological polar surface area (TPSA) is 0 Å². The van der Waals surface area contributed by atoms with Crippen LogP contribution in [0.2, 0.25) is 0 Å². The van der Waals surface area contributed by atoms with Crippen LogP contribution in [0.15, 0.2) is 6.07 Å². The fourth-order valence-corrected chi connectivity index (χ4v) is 1.49. The summed E-state index contributed by atoms with van der Waals surface area (Å²) in [6.07, 6.45) is 0. The van der Waals surface area contributed by atoms with Crippen LogP contribution >= 0.6 is 22.9 Å². The molecule has 0 N–H and O–H groups in total. The van der Waals surface area contributed by atoms with E-state index in [0.717, 1.165) is 0 Å². The zero-order valence-corrected chi connectivity index (χ0v) is 6.14. The van der Waals surface area contributed by atoms with E-state index in [1.807, 2.05) is 6.07 Å². The lowest BCUT2D eigenvalue weighted by Crippen LogP contribution is -1.71. The number of thiophene rings is 1. The monoisotopic (exact) mass is 145 g/mol. The third kappa shape index (κ3) is 1.04. The lowest BCUT2D eigenvalue weighted by molar-refractivity contribution is 1.38. The smallest absolute Gasteiger partial charge is 0.0485 e. The van der Waals surface area contributed by atoms with E-state index in [1.165, 1.54) is 10.4 Å². The van der Waals surface area contributed by atoms with Crippen molar-refractivity contribution in [1.82, 2.24) is 0 Å². The van der Waals surface area contributed by atoms with Gasteiger partial charge >= 0.3 is 0 Å². The average Bonchev–Trinajstić information content (AvgIpc) is 2.14.